The first-order valence-corrected chi connectivity index (χ1v) is 16.2. The van der Waals surface area contributed by atoms with Gasteiger partial charge < -0.3 is 19.9 Å². The number of carbonyl (C=O) groups is 1. The van der Waals surface area contributed by atoms with E-state index in [2.05, 4.69) is 15.3 Å². The average molecular weight is 713 g/mol. The molecule has 0 aliphatic carbocycles. The number of ether oxygens (including phenoxy) is 2. The van der Waals surface area contributed by atoms with Crippen LogP contribution < -0.4 is 10.1 Å². The van der Waals surface area contributed by atoms with E-state index in [0.29, 0.717) is 67.7 Å². The molecule has 13 heteroatoms. The van der Waals surface area contributed by atoms with Crippen LogP contribution in [0.5, 0.6) is 5.75 Å². The number of azide groups is 1. The van der Waals surface area contributed by atoms with Crippen molar-refractivity contribution in [3.8, 4) is 5.75 Å². The van der Waals surface area contributed by atoms with Gasteiger partial charge in [0.2, 0.25) is 5.90 Å². The SMILES string of the molecule is [N-]=[N+]=Nc1ccccc1C[C@@]1(C(=O)NCCc2ccc(Cl)cc2Cl)N=C(c2ccc(OCCCO)cc2)O[C@@H]1c1ccc(Cl)cc1Cl. The second-order valence-electron chi connectivity index (χ2n) is 10.7. The highest BCUT2D eigenvalue weighted by Crippen LogP contribution is 2.46. The average Bonchev–Trinajstić information content (AvgIpc) is 3.43. The minimum atomic E-state index is -1.60. The molecule has 0 saturated carbocycles. The number of amides is 1. The zero-order valence-corrected chi connectivity index (χ0v) is 27.9. The van der Waals surface area contributed by atoms with Gasteiger partial charge in [0.05, 0.1) is 6.61 Å². The van der Waals surface area contributed by atoms with E-state index in [1.54, 1.807) is 78.9 Å². The van der Waals surface area contributed by atoms with Gasteiger partial charge in [-0.25, -0.2) is 4.99 Å². The smallest absolute Gasteiger partial charge is 0.252 e. The van der Waals surface area contributed by atoms with Gasteiger partial charge in [-0.2, -0.15) is 0 Å². The predicted octanol–water partition coefficient (Wildman–Crippen LogP) is 8.86. The van der Waals surface area contributed by atoms with Crippen molar-refractivity contribution in [2.24, 2.45) is 10.1 Å². The summed E-state index contributed by atoms with van der Waals surface area (Å²) in [5.41, 5.74) is 10.5. The monoisotopic (exact) mass is 711 g/mol. The fourth-order valence-corrected chi connectivity index (χ4v) is 6.27. The number of carbonyl (C=O) groups excluding carboxylic acids is 1. The summed E-state index contributed by atoms with van der Waals surface area (Å²) in [6.07, 6.45) is -0.0684. The fourth-order valence-electron chi connectivity index (χ4n) is 5.26. The first-order valence-electron chi connectivity index (χ1n) is 14.6. The van der Waals surface area contributed by atoms with Gasteiger partial charge >= 0.3 is 0 Å². The number of nitrogens with one attached hydrogen (secondary N) is 1. The first kappa shape index (κ1) is 34.4. The van der Waals surface area contributed by atoms with E-state index in [-0.39, 0.29) is 25.5 Å². The van der Waals surface area contributed by atoms with E-state index in [4.69, 9.17) is 66.0 Å². The van der Waals surface area contributed by atoms with Gasteiger partial charge in [-0.15, -0.1) is 0 Å². The van der Waals surface area contributed by atoms with Gasteiger partial charge in [-0.1, -0.05) is 87.9 Å². The maximum Gasteiger partial charge on any atom is 0.252 e. The molecule has 5 rings (SSSR count). The molecule has 4 aromatic carbocycles. The third-order valence-corrected chi connectivity index (χ3v) is 8.72. The Kier molecular flexibility index (Phi) is 11.5. The molecule has 1 heterocycles. The normalized spacial score (nSPS) is 17.0. The number of aliphatic hydroxyl groups is 1. The standard InChI is InChI=1S/C34H29Cl4N5O4/c35-24-9-6-21(28(37)18-24)14-15-40-33(45)34(20-23-4-1-2-5-30(23)42-43-39)31(27-13-10-25(36)19-29(27)38)47-32(41-34)22-7-11-26(12-8-22)46-17-3-16-44/h1-2,4-13,18-19,31,44H,3,14-17,20H2,(H,40,45)/t31-,34-/m1/s1. The van der Waals surface area contributed by atoms with Crippen LogP contribution in [0.25, 0.3) is 10.4 Å². The summed E-state index contributed by atoms with van der Waals surface area (Å²) in [6, 6.07) is 24.2. The van der Waals surface area contributed by atoms with Crippen molar-refractivity contribution in [3.63, 3.8) is 0 Å². The Morgan fingerprint density at radius 3 is 2.40 bits per heavy atom. The van der Waals surface area contributed by atoms with E-state index in [0.717, 1.165) is 5.56 Å². The largest absolute Gasteiger partial charge is 0.494 e. The van der Waals surface area contributed by atoms with Crippen LogP contribution in [0, 0.1) is 0 Å². The summed E-state index contributed by atoms with van der Waals surface area (Å²) >= 11 is 25.5. The molecule has 1 aliphatic heterocycles. The number of halogens is 4. The number of aliphatic hydroxyl groups excluding tert-OH is 1. The molecule has 1 aliphatic rings. The first-order chi connectivity index (χ1) is 22.7. The molecule has 242 valence electrons. The Hall–Kier alpha value is -3.95. The zero-order valence-electron chi connectivity index (χ0n) is 24.9. The number of hydrogen-bond acceptors (Lipinski definition) is 6. The highest BCUT2D eigenvalue weighted by atomic mass is 35.5. The van der Waals surface area contributed by atoms with Crippen molar-refractivity contribution < 1.29 is 19.4 Å². The molecule has 9 nitrogen and oxygen atoms in total. The van der Waals surface area contributed by atoms with Crippen molar-refractivity contribution in [2.75, 3.05) is 19.8 Å². The Balaban J connectivity index is 1.58. The molecule has 0 saturated heterocycles. The van der Waals surface area contributed by atoms with E-state index < -0.39 is 17.6 Å². The maximum atomic E-state index is 14.5. The number of benzene rings is 4. The molecule has 2 N–H and O–H groups in total. The van der Waals surface area contributed by atoms with Crippen molar-refractivity contribution in [3.05, 3.63) is 138 Å². The molecule has 0 radical (unpaired) electrons. The number of rotatable bonds is 13. The lowest BCUT2D eigenvalue weighted by Gasteiger charge is -2.31. The van der Waals surface area contributed by atoms with Crippen LogP contribution in [-0.4, -0.2) is 42.2 Å². The quantitative estimate of drug-likeness (QED) is 0.0621. The van der Waals surface area contributed by atoms with Crippen LogP contribution in [0.15, 0.2) is 95.0 Å². The van der Waals surface area contributed by atoms with Gasteiger partial charge in [-0.3, -0.25) is 4.79 Å². The van der Waals surface area contributed by atoms with E-state index >= 15 is 0 Å². The molecule has 0 unspecified atom stereocenters. The molecular weight excluding hydrogens is 684 g/mol. The van der Waals surface area contributed by atoms with Crippen LogP contribution in [-0.2, 0) is 22.4 Å². The Bertz CT molecular complexity index is 1830. The molecule has 0 fully saturated rings. The highest BCUT2D eigenvalue weighted by Gasteiger charge is 2.54. The molecular formula is C34H29Cl4N5O4. The predicted molar refractivity (Wildman–Crippen MR) is 185 cm³/mol. The summed E-state index contributed by atoms with van der Waals surface area (Å²) in [4.78, 5) is 22.5. The van der Waals surface area contributed by atoms with E-state index in [9.17, 15) is 10.3 Å². The molecule has 0 aromatic heterocycles. The Labute approximate surface area is 291 Å². The highest BCUT2D eigenvalue weighted by molar-refractivity contribution is 6.35. The summed E-state index contributed by atoms with van der Waals surface area (Å²) in [6.45, 7) is 0.613. The molecule has 47 heavy (non-hydrogen) atoms. The number of hydrogen-bond donors (Lipinski definition) is 2. The van der Waals surface area contributed by atoms with Gasteiger partial charge in [0.1, 0.15) is 5.75 Å². The minimum Gasteiger partial charge on any atom is -0.494 e. The molecule has 0 spiro atoms. The molecule has 0 bridgehead atoms. The van der Waals surface area contributed by atoms with Crippen LogP contribution in [0.3, 0.4) is 0 Å². The third-order valence-electron chi connectivity index (χ3n) is 7.57. The van der Waals surface area contributed by atoms with Gasteiger partial charge in [-0.05, 0) is 71.6 Å². The van der Waals surface area contributed by atoms with Gasteiger partial charge in [0, 0.05) is 67.8 Å². The van der Waals surface area contributed by atoms with Crippen molar-refractivity contribution in [2.45, 2.75) is 30.9 Å². The lowest BCUT2D eigenvalue weighted by molar-refractivity contribution is -0.128. The van der Waals surface area contributed by atoms with Crippen LogP contribution in [0.4, 0.5) is 5.69 Å². The molecule has 2 atom stereocenters. The summed E-state index contributed by atoms with van der Waals surface area (Å²) in [5, 5.41) is 17.7. The van der Waals surface area contributed by atoms with E-state index in [1.165, 1.54) is 0 Å². The third kappa shape index (κ3) is 8.14. The van der Waals surface area contributed by atoms with Crippen molar-refractivity contribution >= 4 is 63.9 Å². The van der Waals surface area contributed by atoms with Crippen LogP contribution in [0.1, 0.15) is 34.8 Å². The topological polar surface area (TPSA) is 129 Å². The second kappa shape index (κ2) is 15.8. The Morgan fingerprint density at radius 1 is 0.979 bits per heavy atom. The van der Waals surface area contributed by atoms with E-state index in [1.807, 2.05) is 6.07 Å². The fraction of sp³-hybridized carbons (Fsp3) is 0.235. The summed E-state index contributed by atoms with van der Waals surface area (Å²) in [5.74, 6) is 0.375. The maximum absolute atomic E-state index is 14.5. The van der Waals surface area contributed by atoms with Crippen LogP contribution in [0.2, 0.25) is 20.1 Å². The lowest BCUT2D eigenvalue weighted by atomic mass is 9.81. The molecule has 1 amide bonds. The lowest BCUT2D eigenvalue weighted by Crippen LogP contribution is -2.50. The summed E-state index contributed by atoms with van der Waals surface area (Å²) < 4.78 is 12.2. The van der Waals surface area contributed by atoms with Crippen molar-refractivity contribution in [1.82, 2.24) is 5.32 Å². The number of aliphatic imine (C=N–C) groups is 1. The van der Waals surface area contributed by atoms with Crippen LogP contribution >= 0.6 is 46.4 Å². The number of nitrogens with zero attached hydrogens (tertiary/aromatic N) is 4. The van der Waals surface area contributed by atoms with Gasteiger partial charge in [0.25, 0.3) is 5.91 Å². The molecule has 4 aromatic rings. The Morgan fingerprint density at radius 2 is 1.70 bits per heavy atom. The summed E-state index contributed by atoms with van der Waals surface area (Å²) in [7, 11) is 0. The van der Waals surface area contributed by atoms with Crippen molar-refractivity contribution in [1.29, 1.82) is 0 Å². The van der Waals surface area contributed by atoms with Gasteiger partial charge in [0.15, 0.2) is 11.6 Å². The zero-order chi connectivity index (χ0) is 33.4. The minimum absolute atomic E-state index is 0.00516. The second-order valence-corrected chi connectivity index (χ2v) is 12.4.